The van der Waals surface area contributed by atoms with Crippen molar-refractivity contribution < 1.29 is 38.9 Å². The Morgan fingerprint density at radius 1 is 0.867 bits per heavy atom. The molecule has 0 bridgehead atoms. The first-order valence-electron chi connectivity index (χ1n) is 9.72. The molecule has 2 rings (SSSR count). The predicted molar refractivity (Wildman–Crippen MR) is 112 cm³/mol. The molecule has 12 heteroatoms. The monoisotopic (exact) mass is 484 g/mol. The summed E-state index contributed by atoms with van der Waals surface area (Å²) in [6, 6.07) is 5.80. The zero-order valence-corrected chi connectivity index (χ0v) is 19.2. The number of hydrogen-bond donors (Lipinski definition) is 3. The number of fused-ring (bicyclic) bond motifs is 1. The van der Waals surface area contributed by atoms with Crippen LogP contribution in [0.3, 0.4) is 0 Å². The Balaban J connectivity index is 3.08. The number of benzene rings is 1. The fraction of sp³-hybridized carbons (Fsp3) is 0.667. The van der Waals surface area contributed by atoms with Crippen LogP contribution in [0.15, 0.2) is 24.3 Å². The number of rotatable bonds is 9. The summed E-state index contributed by atoms with van der Waals surface area (Å²) in [6.07, 6.45) is 1.32. The Labute approximate surface area is 178 Å². The molecule has 1 aromatic rings. The minimum absolute atomic E-state index is 0.0652. The van der Waals surface area contributed by atoms with Crippen molar-refractivity contribution in [2.24, 2.45) is 0 Å². The predicted octanol–water partition coefficient (Wildman–Crippen LogP) is 2.76. The third kappa shape index (κ3) is 4.44. The maximum absolute atomic E-state index is 12.7. The minimum atomic E-state index is -5.36. The van der Waals surface area contributed by atoms with Crippen LogP contribution in [0.4, 0.5) is 0 Å². The van der Waals surface area contributed by atoms with Gasteiger partial charge in [-0.3, -0.25) is 13.7 Å². The van der Waals surface area contributed by atoms with Crippen molar-refractivity contribution in [3.05, 3.63) is 35.4 Å². The average molecular weight is 485 g/mol. The highest BCUT2D eigenvalue weighted by Gasteiger charge is 2.66. The molecule has 9 nitrogen and oxygen atoms in total. The molecule has 0 saturated heterocycles. The molecule has 0 aromatic heterocycles. The highest BCUT2D eigenvalue weighted by Crippen LogP contribution is 2.54. The molecule has 0 spiro atoms. The highest BCUT2D eigenvalue weighted by atomic mass is 32.2. The summed E-state index contributed by atoms with van der Waals surface area (Å²) in [5, 5.41) is -4.65. The van der Waals surface area contributed by atoms with Crippen LogP contribution >= 0.6 is 0 Å². The van der Waals surface area contributed by atoms with Gasteiger partial charge in [-0.05, 0) is 24.0 Å². The van der Waals surface area contributed by atoms with E-state index in [-0.39, 0.29) is 24.0 Å². The van der Waals surface area contributed by atoms with E-state index in [9.17, 15) is 38.9 Å². The number of hydrogen-bond acceptors (Lipinski definition) is 6. The average Bonchev–Trinajstić information content (AvgIpc) is 2.61. The molecular formula is C18H28O9S3. The van der Waals surface area contributed by atoms with E-state index >= 15 is 0 Å². The van der Waals surface area contributed by atoms with Gasteiger partial charge in [-0.25, -0.2) is 0 Å². The first-order valence-corrected chi connectivity index (χ1v) is 14.2. The van der Waals surface area contributed by atoms with E-state index in [1.54, 1.807) is 13.0 Å². The van der Waals surface area contributed by atoms with Gasteiger partial charge < -0.3 is 0 Å². The normalized spacial score (nSPS) is 27.6. The van der Waals surface area contributed by atoms with Crippen molar-refractivity contribution in [2.45, 2.75) is 73.5 Å². The lowest BCUT2D eigenvalue weighted by molar-refractivity contribution is 0.320. The van der Waals surface area contributed by atoms with Gasteiger partial charge in [0.15, 0.2) is 0 Å². The van der Waals surface area contributed by atoms with Crippen molar-refractivity contribution in [1.29, 1.82) is 0 Å². The van der Waals surface area contributed by atoms with Gasteiger partial charge in [0.2, 0.25) is 0 Å². The molecule has 0 aliphatic heterocycles. The van der Waals surface area contributed by atoms with E-state index < -0.39 is 57.9 Å². The van der Waals surface area contributed by atoms with Gasteiger partial charge in [0.05, 0.1) is 0 Å². The van der Waals surface area contributed by atoms with Crippen LogP contribution in [0.1, 0.15) is 69.4 Å². The van der Waals surface area contributed by atoms with Crippen LogP contribution in [0.5, 0.6) is 0 Å². The van der Waals surface area contributed by atoms with Gasteiger partial charge in [0, 0.05) is 5.92 Å². The maximum Gasteiger partial charge on any atom is 0.276 e. The fourth-order valence-electron chi connectivity index (χ4n) is 4.66. The molecule has 0 radical (unpaired) electrons. The fourth-order valence-corrected chi connectivity index (χ4v) is 10.1. The standard InChI is InChI=1S/C18H28O9S3/c1-3-5-9-14-13-10-7-8-11-15(13)18(12-6-4-2,30(25,26)27)17(29(22,23)24)16(14)28(19,20)21/h7-8,10-11,14,16-17H,3-6,9,12H2,1-2H3,(H,19,20,21)(H,22,23,24)(H,25,26,27). The molecule has 4 atom stereocenters. The van der Waals surface area contributed by atoms with E-state index in [0.717, 1.165) is 0 Å². The van der Waals surface area contributed by atoms with E-state index in [0.29, 0.717) is 19.3 Å². The van der Waals surface area contributed by atoms with Crippen LogP contribution in [-0.2, 0) is 35.1 Å². The smallest absolute Gasteiger partial charge is 0.276 e. The Kier molecular flexibility index (Phi) is 7.42. The van der Waals surface area contributed by atoms with Gasteiger partial charge >= 0.3 is 0 Å². The Bertz CT molecular complexity index is 1080. The quantitative estimate of drug-likeness (QED) is 0.447. The highest BCUT2D eigenvalue weighted by molar-refractivity contribution is 7.93. The molecule has 4 unspecified atom stereocenters. The molecule has 1 aliphatic carbocycles. The van der Waals surface area contributed by atoms with Crippen LogP contribution < -0.4 is 0 Å². The molecule has 3 N–H and O–H groups in total. The first kappa shape index (κ1) is 25.2. The van der Waals surface area contributed by atoms with E-state index in [1.807, 2.05) is 6.92 Å². The topological polar surface area (TPSA) is 163 Å². The Morgan fingerprint density at radius 3 is 1.90 bits per heavy atom. The lowest BCUT2D eigenvalue weighted by atomic mass is 9.72. The summed E-state index contributed by atoms with van der Waals surface area (Å²) in [4.78, 5) is 0. The van der Waals surface area contributed by atoms with Gasteiger partial charge in [0.25, 0.3) is 30.4 Å². The first-order chi connectivity index (χ1) is 13.7. The molecule has 30 heavy (non-hydrogen) atoms. The molecule has 0 saturated carbocycles. The molecule has 0 heterocycles. The second-order valence-electron chi connectivity index (χ2n) is 7.72. The van der Waals surface area contributed by atoms with Crippen molar-refractivity contribution in [2.75, 3.05) is 0 Å². The lowest BCUT2D eigenvalue weighted by Gasteiger charge is -2.47. The third-order valence-corrected chi connectivity index (χ3v) is 10.4. The van der Waals surface area contributed by atoms with Crippen LogP contribution in [0, 0.1) is 0 Å². The number of unbranched alkanes of at least 4 members (excludes halogenated alkanes) is 2. The van der Waals surface area contributed by atoms with Crippen molar-refractivity contribution in [3.8, 4) is 0 Å². The molecule has 172 valence electrons. The summed E-state index contributed by atoms with van der Waals surface area (Å²) in [5.41, 5.74) is 0.159. The third-order valence-electron chi connectivity index (χ3n) is 5.87. The molecule has 1 aromatic carbocycles. The summed E-state index contributed by atoms with van der Waals surface area (Å²) in [5.74, 6) is -1.08. The van der Waals surface area contributed by atoms with Crippen LogP contribution in [0.2, 0.25) is 0 Å². The second kappa shape index (κ2) is 8.83. The zero-order chi connectivity index (χ0) is 23.0. The Hall–Kier alpha value is -1.05. The zero-order valence-electron chi connectivity index (χ0n) is 16.8. The molecular weight excluding hydrogens is 456 g/mol. The van der Waals surface area contributed by atoms with Crippen molar-refractivity contribution in [1.82, 2.24) is 0 Å². The van der Waals surface area contributed by atoms with Crippen LogP contribution in [-0.4, -0.2) is 49.4 Å². The minimum Gasteiger partial charge on any atom is -0.285 e. The summed E-state index contributed by atoms with van der Waals surface area (Å²) >= 11 is 0. The lowest BCUT2D eigenvalue weighted by Crippen LogP contribution is -2.62. The SMILES string of the molecule is CCCCC1c2ccccc2C(CCCC)(S(=O)(=O)O)C(S(=O)(=O)O)C1S(=O)(=O)O. The summed E-state index contributed by atoms with van der Waals surface area (Å²) in [6.45, 7) is 3.54. The van der Waals surface area contributed by atoms with Crippen molar-refractivity contribution >= 4 is 30.4 Å². The molecule has 0 fully saturated rings. The molecule has 1 aliphatic rings. The van der Waals surface area contributed by atoms with Gasteiger partial charge in [-0.15, -0.1) is 0 Å². The van der Waals surface area contributed by atoms with E-state index in [1.165, 1.54) is 18.2 Å². The second-order valence-corrected chi connectivity index (χ2v) is 12.5. The van der Waals surface area contributed by atoms with Crippen LogP contribution in [0.25, 0.3) is 0 Å². The maximum atomic E-state index is 12.7. The van der Waals surface area contributed by atoms with Gasteiger partial charge in [-0.2, -0.15) is 25.3 Å². The van der Waals surface area contributed by atoms with E-state index in [4.69, 9.17) is 0 Å². The van der Waals surface area contributed by atoms with E-state index in [2.05, 4.69) is 0 Å². The summed E-state index contributed by atoms with van der Waals surface area (Å²) < 4.78 is 103. The Morgan fingerprint density at radius 2 is 1.43 bits per heavy atom. The largest absolute Gasteiger partial charge is 0.285 e. The van der Waals surface area contributed by atoms with Gasteiger partial charge in [0.1, 0.15) is 15.2 Å². The van der Waals surface area contributed by atoms with Crippen molar-refractivity contribution in [3.63, 3.8) is 0 Å². The van der Waals surface area contributed by atoms with Gasteiger partial charge in [-0.1, -0.05) is 63.8 Å². The summed E-state index contributed by atoms with van der Waals surface area (Å²) in [7, 11) is -15.8. The molecule has 0 amide bonds.